The van der Waals surface area contributed by atoms with Crippen molar-refractivity contribution >= 4 is 18.1 Å². The van der Waals surface area contributed by atoms with E-state index in [0.29, 0.717) is 17.8 Å². The van der Waals surface area contributed by atoms with Gasteiger partial charge >= 0.3 is 5.97 Å². The summed E-state index contributed by atoms with van der Waals surface area (Å²) in [6, 6.07) is 6.60. The molecule has 18 heavy (non-hydrogen) atoms. The molecule has 96 valence electrons. The number of esters is 1. The fraction of sp³-hybridized carbons (Fsp3) is 0.385. The second-order valence-electron chi connectivity index (χ2n) is 4.39. The fourth-order valence-electron chi connectivity index (χ4n) is 2.00. The van der Waals surface area contributed by atoms with Crippen molar-refractivity contribution in [3.63, 3.8) is 0 Å². The molecule has 0 saturated carbocycles. The first kappa shape index (κ1) is 12.4. The molecule has 0 radical (unpaired) electrons. The van der Waals surface area contributed by atoms with Gasteiger partial charge in [0.15, 0.2) is 0 Å². The highest BCUT2D eigenvalue weighted by Gasteiger charge is 2.22. The average Bonchev–Trinajstić information content (AvgIpc) is 2.39. The molecule has 0 bridgehead atoms. The first-order chi connectivity index (χ1) is 8.69. The standard InChI is InChI=1S/C13H16N2O3/c14-11-5-3-10(4-6-11)13(17)18-12-2-1-7-15(8-12)9-16/h3-6,9,12H,1-2,7-8,14H2. The second-order valence-corrected chi connectivity index (χ2v) is 4.39. The maximum Gasteiger partial charge on any atom is 0.338 e. The number of likely N-dealkylation sites (tertiary alicyclic amines) is 1. The summed E-state index contributed by atoms with van der Waals surface area (Å²) in [5.74, 6) is -0.368. The second kappa shape index (κ2) is 5.53. The van der Waals surface area contributed by atoms with Crippen LogP contribution in [-0.4, -0.2) is 36.5 Å². The number of hydrogen-bond acceptors (Lipinski definition) is 4. The van der Waals surface area contributed by atoms with E-state index in [-0.39, 0.29) is 12.1 Å². The zero-order valence-corrected chi connectivity index (χ0v) is 10.0. The monoisotopic (exact) mass is 248 g/mol. The van der Waals surface area contributed by atoms with Gasteiger partial charge in [-0.1, -0.05) is 0 Å². The minimum Gasteiger partial charge on any atom is -0.457 e. The number of ether oxygens (including phenoxy) is 1. The number of carbonyl (C=O) groups is 2. The van der Waals surface area contributed by atoms with E-state index in [1.807, 2.05) is 0 Å². The van der Waals surface area contributed by atoms with Gasteiger partial charge in [0, 0.05) is 12.2 Å². The minimum absolute atomic E-state index is 0.214. The van der Waals surface area contributed by atoms with Gasteiger partial charge in [0.2, 0.25) is 6.41 Å². The van der Waals surface area contributed by atoms with Crippen LogP contribution in [0.4, 0.5) is 5.69 Å². The molecule has 1 atom stereocenters. The lowest BCUT2D eigenvalue weighted by Crippen LogP contribution is -2.39. The number of amides is 1. The van der Waals surface area contributed by atoms with Gasteiger partial charge in [0.25, 0.3) is 0 Å². The van der Waals surface area contributed by atoms with Gasteiger partial charge in [-0.05, 0) is 37.1 Å². The number of hydrogen-bond donors (Lipinski definition) is 1. The Bertz CT molecular complexity index is 430. The number of anilines is 1. The Morgan fingerprint density at radius 1 is 1.39 bits per heavy atom. The minimum atomic E-state index is -0.368. The number of benzene rings is 1. The van der Waals surface area contributed by atoms with Crippen LogP contribution in [0.3, 0.4) is 0 Å². The summed E-state index contributed by atoms with van der Waals surface area (Å²) in [6.07, 6.45) is 2.24. The molecule has 5 heteroatoms. The molecule has 1 saturated heterocycles. The van der Waals surface area contributed by atoms with Gasteiger partial charge in [0.05, 0.1) is 12.1 Å². The third kappa shape index (κ3) is 3.00. The van der Waals surface area contributed by atoms with Crippen molar-refractivity contribution in [2.45, 2.75) is 18.9 Å². The summed E-state index contributed by atoms with van der Waals surface area (Å²) in [5.41, 5.74) is 6.64. The summed E-state index contributed by atoms with van der Waals surface area (Å²) in [7, 11) is 0. The maximum absolute atomic E-state index is 11.8. The lowest BCUT2D eigenvalue weighted by atomic mass is 10.1. The van der Waals surface area contributed by atoms with Crippen LogP contribution < -0.4 is 5.73 Å². The third-order valence-electron chi connectivity index (χ3n) is 2.98. The van der Waals surface area contributed by atoms with Gasteiger partial charge in [-0.25, -0.2) is 4.79 Å². The van der Waals surface area contributed by atoms with Crippen molar-refractivity contribution in [1.29, 1.82) is 0 Å². The van der Waals surface area contributed by atoms with Crippen molar-refractivity contribution in [2.75, 3.05) is 18.8 Å². The number of carbonyl (C=O) groups excluding carboxylic acids is 2. The highest BCUT2D eigenvalue weighted by molar-refractivity contribution is 5.89. The normalized spacial score (nSPS) is 19.3. The largest absolute Gasteiger partial charge is 0.457 e. The third-order valence-corrected chi connectivity index (χ3v) is 2.98. The molecule has 1 unspecified atom stereocenters. The molecule has 2 N–H and O–H groups in total. The van der Waals surface area contributed by atoms with Gasteiger partial charge in [-0.3, -0.25) is 4.79 Å². The van der Waals surface area contributed by atoms with Crippen LogP contribution in [-0.2, 0) is 9.53 Å². The fourth-order valence-corrected chi connectivity index (χ4v) is 2.00. The van der Waals surface area contributed by atoms with Crippen LogP contribution in [0.25, 0.3) is 0 Å². The molecule has 0 aromatic heterocycles. The van der Waals surface area contributed by atoms with Crippen LogP contribution in [0.1, 0.15) is 23.2 Å². The summed E-state index contributed by atoms with van der Waals surface area (Å²) in [4.78, 5) is 24.1. The lowest BCUT2D eigenvalue weighted by molar-refractivity contribution is -0.121. The Kier molecular flexibility index (Phi) is 3.82. The van der Waals surface area contributed by atoms with Crippen LogP contribution >= 0.6 is 0 Å². The molecular formula is C13H16N2O3. The van der Waals surface area contributed by atoms with Crippen molar-refractivity contribution < 1.29 is 14.3 Å². The van der Waals surface area contributed by atoms with Gasteiger partial charge in [-0.2, -0.15) is 0 Å². The summed E-state index contributed by atoms with van der Waals surface area (Å²) >= 11 is 0. The quantitative estimate of drug-likeness (QED) is 0.493. The van der Waals surface area contributed by atoms with E-state index in [1.165, 1.54) is 0 Å². The highest BCUT2D eigenvalue weighted by Crippen LogP contribution is 2.14. The van der Waals surface area contributed by atoms with Crippen molar-refractivity contribution in [2.24, 2.45) is 0 Å². The Hall–Kier alpha value is -2.04. The Labute approximate surface area is 106 Å². The molecule has 1 aliphatic heterocycles. The molecule has 1 aromatic rings. The molecule has 0 aliphatic carbocycles. The van der Waals surface area contributed by atoms with Crippen LogP contribution in [0.2, 0.25) is 0 Å². The predicted molar refractivity (Wildman–Crippen MR) is 66.9 cm³/mol. The molecule has 0 spiro atoms. The molecule has 5 nitrogen and oxygen atoms in total. The summed E-state index contributed by atoms with van der Waals surface area (Å²) in [6.45, 7) is 1.21. The molecule has 1 amide bonds. The van der Waals surface area contributed by atoms with Gasteiger partial charge in [0.1, 0.15) is 6.10 Å². The van der Waals surface area contributed by atoms with E-state index in [4.69, 9.17) is 10.5 Å². The van der Waals surface area contributed by atoms with Gasteiger partial charge < -0.3 is 15.4 Å². The zero-order valence-electron chi connectivity index (χ0n) is 10.0. The van der Waals surface area contributed by atoms with E-state index in [0.717, 1.165) is 25.8 Å². The number of nitrogens with two attached hydrogens (primary N) is 1. The number of rotatable bonds is 3. The first-order valence-electron chi connectivity index (χ1n) is 5.95. The number of nitrogen functional groups attached to an aromatic ring is 1. The maximum atomic E-state index is 11.8. The van der Waals surface area contributed by atoms with Crippen molar-refractivity contribution in [3.05, 3.63) is 29.8 Å². The van der Waals surface area contributed by atoms with E-state index in [2.05, 4.69) is 0 Å². The van der Waals surface area contributed by atoms with E-state index in [9.17, 15) is 9.59 Å². The van der Waals surface area contributed by atoms with Crippen LogP contribution in [0.15, 0.2) is 24.3 Å². The molecule has 1 aromatic carbocycles. The Balaban J connectivity index is 1.94. The smallest absolute Gasteiger partial charge is 0.338 e. The lowest BCUT2D eigenvalue weighted by Gasteiger charge is -2.29. The Morgan fingerprint density at radius 3 is 2.78 bits per heavy atom. The first-order valence-corrected chi connectivity index (χ1v) is 5.95. The van der Waals surface area contributed by atoms with E-state index < -0.39 is 0 Å². The van der Waals surface area contributed by atoms with Crippen LogP contribution in [0, 0.1) is 0 Å². The number of piperidine rings is 1. The topological polar surface area (TPSA) is 72.6 Å². The molecular weight excluding hydrogens is 232 g/mol. The van der Waals surface area contributed by atoms with Crippen molar-refractivity contribution in [1.82, 2.24) is 4.90 Å². The number of nitrogens with zero attached hydrogens (tertiary/aromatic N) is 1. The zero-order chi connectivity index (χ0) is 13.0. The van der Waals surface area contributed by atoms with Crippen molar-refractivity contribution in [3.8, 4) is 0 Å². The van der Waals surface area contributed by atoms with E-state index in [1.54, 1.807) is 29.2 Å². The highest BCUT2D eigenvalue weighted by atomic mass is 16.5. The predicted octanol–water partition coefficient (Wildman–Crippen LogP) is 1.05. The average molecular weight is 248 g/mol. The molecule has 1 heterocycles. The van der Waals surface area contributed by atoms with Crippen LogP contribution in [0.5, 0.6) is 0 Å². The molecule has 2 rings (SSSR count). The Morgan fingerprint density at radius 2 is 2.11 bits per heavy atom. The molecule has 1 aliphatic rings. The van der Waals surface area contributed by atoms with E-state index >= 15 is 0 Å². The molecule has 1 fully saturated rings. The van der Waals surface area contributed by atoms with Gasteiger partial charge in [-0.15, -0.1) is 0 Å². The summed E-state index contributed by atoms with van der Waals surface area (Å²) < 4.78 is 5.37. The summed E-state index contributed by atoms with van der Waals surface area (Å²) in [5, 5.41) is 0. The SMILES string of the molecule is Nc1ccc(C(=O)OC2CCCN(C=O)C2)cc1.